The van der Waals surface area contributed by atoms with Crippen LogP contribution in [0.25, 0.3) is 0 Å². The SMILES string of the molecule is CN(CC1CC(O)C1)c1nc(NN)ncc1Cl. The summed E-state index contributed by atoms with van der Waals surface area (Å²) in [4.78, 5) is 10.1. The fourth-order valence-corrected chi connectivity index (χ4v) is 2.25. The van der Waals surface area contributed by atoms with Gasteiger partial charge in [-0.05, 0) is 18.8 Å². The fourth-order valence-electron chi connectivity index (χ4n) is 2.02. The molecule has 2 rings (SSSR count). The summed E-state index contributed by atoms with van der Waals surface area (Å²) in [5.41, 5.74) is 2.39. The Morgan fingerprint density at radius 3 is 2.94 bits per heavy atom. The minimum Gasteiger partial charge on any atom is -0.393 e. The van der Waals surface area contributed by atoms with Crippen molar-refractivity contribution in [3.05, 3.63) is 11.2 Å². The third kappa shape index (κ3) is 2.77. The molecule has 6 nitrogen and oxygen atoms in total. The van der Waals surface area contributed by atoms with Gasteiger partial charge < -0.3 is 10.0 Å². The number of aliphatic hydroxyl groups is 1. The van der Waals surface area contributed by atoms with Crippen molar-refractivity contribution in [2.45, 2.75) is 18.9 Å². The van der Waals surface area contributed by atoms with Gasteiger partial charge in [-0.25, -0.2) is 10.8 Å². The fraction of sp³-hybridized carbons (Fsp3) is 0.600. The molecule has 4 N–H and O–H groups in total. The molecule has 1 aliphatic carbocycles. The van der Waals surface area contributed by atoms with Gasteiger partial charge in [-0.2, -0.15) is 4.98 Å². The first-order chi connectivity index (χ1) is 8.10. The van der Waals surface area contributed by atoms with E-state index in [-0.39, 0.29) is 6.10 Å². The molecule has 94 valence electrons. The van der Waals surface area contributed by atoms with Crippen LogP contribution in [0.15, 0.2) is 6.20 Å². The first-order valence-electron chi connectivity index (χ1n) is 5.48. The van der Waals surface area contributed by atoms with E-state index in [4.69, 9.17) is 17.4 Å². The normalized spacial score (nSPS) is 23.1. The first kappa shape index (κ1) is 12.3. The lowest BCUT2D eigenvalue weighted by atomic mass is 9.82. The molecule has 0 radical (unpaired) electrons. The average Bonchev–Trinajstić information content (AvgIpc) is 2.27. The summed E-state index contributed by atoms with van der Waals surface area (Å²) in [6.45, 7) is 0.817. The molecule has 0 spiro atoms. The molecule has 1 heterocycles. The zero-order chi connectivity index (χ0) is 12.4. The number of rotatable bonds is 4. The van der Waals surface area contributed by atoms with E-state index in [1.807, 2.05) is 11.9 Å². The molecule has 7 heteroatoms. The zero-order valence-electron chi connectivity index (χ0n) is 9.60. The smallest absolute Gasteiger partial charge is 0.239 e. The molecule has 1 aromatic rings. The number of anilines is 2. The summed E-state index contributed by atoms with van der Waals surface area (Å²) in [5, 5.41) is 9.73. The molecule has 0 aromatic carbocycles. The van der Waals surface area contributed by atoms with Gasteiger partial charge >= 0.3 is 0 Å². The molecule has 0 atom stereocenters. The van der Waals surface area contributed by atoms with Crippen molar-refractivity contribution in [2.75, 3.05) is 23.9 Å². The highest BCUT2D eigenvalue weighted by molar-refractivity contribution is 6.32. The van der Waals surface area contributed by atoms with E-state index < -0.39 is 0 Å². The number of nitrogens with one attached hydrogen (secondary N) is 1. The Balaban J connectivity index is 2.04. The zero-order valence-corrected chi connectivity index (χ0v) is 10.4. The van der Waals surface area contributed by atoms with E-state index in [1.54, 1.807) is 0 Å². The summed E-state index contributed by atoms with van der Waals surface area (Å²) in [6, 6.07) is 0. The highest BCUT2D eigenvalue weighted by Crippen LogP contribution is 2.30. The number of aromatic nitrogens is 2. The second-order valence-electron chi connectivity index (χ2n) is 4.38. The van der Waals surface area contributed by atoms with Crippen molar-refractivity contribution in [1.29, 1.82) is 0 Å². The number of hydrogen-bond donors (Lipinski definition) is 3. The van der Waals surface area contributed by atoms with Crippen molar-refractivity contribution in [3.63, 3.8) is 0 Å². The Hall–Kier alpha value is -1.11. The molecule has 17 heavy (non-hydrogen) atoms. The molecule has 0 saturated heterocycles. The summed E-state index contributed by atoms with van der Waals surface area (Å²) >= 11 is 6.04. The molecule has 0 bridgehead atoms. The van der Waals surface area contributed by atoms with Crippen LogP contribution in [0, 0.1) is 5.92 Å². The molecule has 1 aliphatic rings. The monoisotopic (exact) mass is 257 g/mol. The molecule has 0 aliphatic heterocycles. The van der Waals surface area contributed by atoms with Crippen LogP contribution < -0.4 is 16.2 Å². The minimum absolute atomic E-state index is 0.143. The lowest BCUT2D eigenvalue weighted by Crippen LogP contribution is -2.37. The molecular formula is C10H16ClN5O. The van der Waals surface area contributed by atoms with Gasteiger partial charge in [-0.3, -0.25) is 5.43 Å². The number of nitrogens with two attached hydrogens (primary N) is 1. The lowest BCUT2D eigenvalue weighted by Gasteiger charge is -2.35. The quantitative estimate of drug-likeness (QED) is 0.542. The maximum Gasteiger partial charge on any atom is 0.239 e. The van der Waals surface area contributed by atoms with Crippen molar-refractivity contribution in [3.8, 4) is 0 Å². The number of nitrogen functional groups attached to an aromatic ring is 1. The molecule has 1 aromatic heterocycles. The Labute approximate surface area is 105 Å². The van der Waals surface area contributed by atoms with Gasteiger partial charge in [0.1, 0.15) is 5.02 Å². The van der Waals surface area contributed by atoms with Gasteiger partial charge in [0, 0.05) is 13.6 Å². The van der Waals surface area contributed by atoms with Crippen LogP contribution in [0.1, 0.15) is 12.8 Å². The van der Waals surface area contributed by atoms with Gasteiger partial charge in [0.05, 0.1) is 12.3 Å². The van der Waals surface area contributed by atoms with Crippen LogP contribution in [-0.4, -0.2) is 34.8 Å². The van der Waals surface area contributed by atoms with E-state index in [0.29, 0.717) is 22.7 Å². The second-order valence-corrected chi connectivity index (χ2v) is 4.79. The van der Waals surface area contributed by atoms with Crippen LogP contribution in [0.3, 0.4) is 0 Å². The molecule has 0 amide bonds. The maximum atomic E-state index is 9.24. The Bertz CT molecular complexity index is 396. The van der Waals surface area contributed by atoms with Crippen LogP contribution in [0.4, 0.5) is 11.8 Å². The van der Waals surface area contributed by atoms with E-state index in [2.05, 4.69) is 15.4 Å². The van der Waals surface area contributed by atoms with Gasteiger partial charge in [-0.15, -0.1) is 0 Å². The van der Waals surface area contributed by atoms with Crippen LogP contribution >= 0.6 is 11.6 Å². The first-order valence-corrected chi connectivity index (χ1v) is 5.86. The molecular weight excluding hydrogens is 242 g/mol. The number of halogens is 1. The highest BCUT2D eigenvalue weighted by Gasteiger charge is 2.28. The predicted octanol–water partition coefficient (Wildman–Crippen LogP) is 0.623. The lowest BCUT2D eigenvalue weighted by molar-refractivity contribution is 0.0464. The maximum absolute atomic E-state index is 9.24. The average molecular weight is 258 g/mol. The van der Waals surface area contributed by atoms with Gasteiger partial charge in [0.25, 0.3) is 0 Å². The number of hydrogen-bond acceptors (Lipinski definition) is 6. The number of aliphatic hydroxyl groups excluding tert-OH is 1. The summed E-state index contributed by atoms with van der Waals surface area (Å²) in [6.07, 6.45) is 3.06. The highest BCUT2D eigenvalue weighted by atomic mass is 35.5. The van der Waals surface area contributed by atoms with Gasteiger partial charge in [0.15, 0.2) is 5.82 Å². The standard InChI is InChI=1S/C10H16ClN5O/c1-16(5-6-2-7(17)3-6)9-8(11)4-13-10(14-9)15-12/h4,6-7,17H,2-3,5,12H2,1H3,(H,13,14,15). The van der Waals surface area contributed by atoms with Gasteiger partial charge in [0.2, 0.25) is 5.95 Å². The van der Waals surface area contributed by atoms with Crippen LogP contribution in [0.2, 0.25) is 5.02 Å². The van der Waals surface area contributed by atoms with E-state index in [1.165, 1.54) is 6.20 Å². The van der Waals surface area contributed by atoms with Crippen molar-refractivity contribution in [2.24, 2.45) is 11.8 Å². The summed E-state index contributed by atoms with van der Waals surface area (Å²) in [7, 11) is 1.92. The van der Waals surface area contributed by atoms with Crippen molar-refractivity contribution < 1.29 is 5.11 Å². The third-order valence-electron chi connectivity index (χ3n) is 2.96. The predicted molar refractivity (Wildman–Crippen MR) is 66.9 cm³/mol. The van der Waals surface area contributed by atoms with Crippen molar-refractivity contribution >= 4 is 23.4 Å². The topological polar surface area (TPSA) is 87.3 Å². The largest absolute Gasteiger partial charge is 0.393 e. The number of hydrazine groups is 1. The Kier molecular flexibility index (Phi) is 3.66. The molecule has 1 saturated carbocycles. The van der Waals surface area contributed by atoms with Gasteiger partial charge in [-0.1, -0.05) is 11.6 Å². The minimum atomic E-state index is -0.143. The summed E-state index contributed by atoms with van der Waals surface area (Å²) in [5.74, 6) is 6.74. The Morgan fingerprint density at radius 2 is 2.35 bits per heavy atom. The van der Waals surface area contributed by atoms with E-state index in [0.717, 1.165) is 19.4 Å². The van der Waals surface area contributed by atoms with Crippen LogP contribution in [0.5, 0.6) is 0 Å². The van der Waals surface area contributed by atoms with Crippen LogP contribution in [-0.2, 0) is 0 Å². The van der Waals surface area contributed by atoms with Crippen molar-refractivity contribution in [1.82, 2.24) is 9.97 Å². The van der Waals surface area contributed by atoms with E-state index >= 15 is 0 Å². The van der Waals surface area contributed by atoms with E-state index in [9.17, 15) is 5.11 Å². The Morgan fingerprint density at radius 1 is 1.65 bits per heavy atom. The molecule has 1 fully saturated rings. The number of nitrogens with zero attached hydrogens (tertiary/aromatic N) is 3. The third-order valence-corrected chi connectivity index (χ3v) is 3.23. The molecule has 0 unspecified atom stereocenters. The summed E-state index contributed by atoms with van der Waals surface area (Å²) < 4.78 is 0. The second kappa shape index (κ2) is 5.03.